The van der Waals surface area contributed by atoms with Gasteiger partial charge < -0.3 is 24.7 Å². The summed E-state index contributed by atoms with van der Waals surface area (Å²) in [7, 11) is 1.58. The molecule has 0 saturated heterocycles. The van der Waals surface area contributed by atoms with E-state index >= 15 is 0 Å². The van der Waals surface area contributed by atoms with Gasteiger partial charge in [-0.15, -0.1) is 0 Å². The summed E-state index contributed by atoms with van der Waals surface area (Å²) in [6, 6.07) is 34.2. The van der Waals surface area contributed by atoms with E-state index in [9.17, 15) is 64.4 Å². The van der Waals surface area contributed by atoms with E-state index in [-0.39, 0.29) is 72.3 Å². The van der Waals surface area contributed by atoms with Gasteiger partial charge >= 0.3 is 29.4 Å². The van der Waals surface area contributed by atoms with Gasteiger partial charge in [-0.1, -0.05) is 84.9 Å². The molecule has 0 unspecified atom stereocenters. The fourth-order valence-electron chi connectivity index (χ4n) is 7.00. The van der Waals surface area contributed by atoms with Gasteiger partial charge in [-0.25, -0.2) is 27.5 Å². The lowest BCUT2D eigenvalue weighted by atomic mass is 10.2. The minimum Gasteiger partial charge on any atom is -0.485 e. The van der Waals surface area contributed by atoms with E-state index in [0.717, 1.165) is 37.4 Å². The van der Waals surface area contributed by atoms with Crippen LogP contribution in [0.1, 0.15) is 22.5 Å². The first kappa shape index (κ1) is 52.3. The standard InChI is InChI=1S/C25H17F4N3O6.C25H19F4N3O4/c1-30-22(25(27,28)29)13-23(33)31(24(30)34)17-12-21(18(32(35)36)11-16(17)26)38-20-10-6-5-9-19(20)37-14-15-7-3-2-4-8-15;1-31-22(25(27,28)29)13-23(33)32(24(31)34)18-12-21(17(30)11-16(18)26)36-20-10-6-5-9-19(20)35-14-15-7-3-2-4-8-15/h2-13H,14H2,1H3;2-13H,14,30H2,1H3. The molecule has 74 heavy (non-hydrogen) atoms. The van der Waals surface area contributed by atoms with Gasteiger partial charge in [0.25, 0.3) is 11.1 Å². The fourth-order valence-corrected chi connectivity index (χ4v) is 7.00. The van der Waals surface area contributed by atoms with Crippen LogP contribution < -0.4 is 47.2 Å². The summed E-state index contributed by atoms with van der Waals surface area (Å²) in [5.74, 6) is -2.56. The molecule has 8 aromatic rings. The second-order valence-electron chi connectivity index (χ2n) is 15.6. The summed E-state index contributed by atoms with van der Waals surface area (Å²) in [4.78, 5) is 60.8. The van der Waals surface area contributed by atoms with Crippen molar-refractivity contribution in [3.8, 4) is 45.9 Å². The molecule has 382 valence electrons. The normalized spacial score (nSPS) is 11.3. The quantitative estimate of drug-likeness (QED) is 0.0500. The summed E-state index contributed by atoms with van der Waals surface area (Å²) in [5.41, 5.74) is -3.69. The van der Waals surface area contributed by atoms with E-state index < -0.39 is 85.6 Å². The molecule has 0 radical (unpaired) electrons. The molecule has 0 aliphatic carbocycles. The molecular formula is C50H36F8N6O10. The lowest BCUT2D eigenvalue weighted by Gasteiger charge is -2.17. The maximum atomic E-state index is 14.9. The number of halogens is 8. The first-order valence-corrected chi connectivity index (χ1v) is 21.3. The monoisotopic (exact) mass is 1030 g/mol. The van der Waals surface area contributed by atoms with Crippen LogP contribution in [0.2, 0.25) is 0 Å². The number of nitrogens with zero attached hydrogens (tertiary/aromatic N) is 5. The van der Waals surface area contributed by atoms with Crippen LogP contribution in [0.4, 0.5) is 46.5 Å². The molecule has 0 aliphatic heterocycles. The number of hydrogen-bond acceptors (Lipinski definition) is 11. The van der Waals surface area contributed by atoms with Crippen LogP contribution in [0, 0.1) is 21.7 Å². The number of benzene rings is 6. The predicted octanol–water partition coefficient (Wildman–Crippen LogP) is 9.62. The van der Waals surface area contributed by atoms with E-state index in [4.69, 9.17) is 24.7 Å². The minimum atomic E-state index is -5.03. The summed E-state index contributed by atoms with van der Waals surface area (Å²) in [6.07, 6.45) is -9.98. The van der Waals surface area contributed by atoms with Crippen LogP contribution in [0.25, 0.3) is 11.4 Å². The zero-order chi connectivity index (χ0) is 53.6. The zero-order valence-corrected chi connectivity index (χ0v) is 38.2. The van der Waals surface area contributed by atoms with Gasteiger partial charge in [0, 0.05) is 44.4 Å². The van der Waals surface area contributed by atoms with Crippen molar-refractivity contribution in [3.63, 3.8) is 0 Å². The number of nitro benzene ring substituents is 1. The smallest absolute Gasteiger partial charge is 0.431 e. The molecule has 2 heterocycles. The highest BCUT2D eigenvalue weighted by Gasteiger charge is 2.37. The highest BCUT2D eigenvalue weighted by Crippen LogP contribution is 2.40. The van der Waals surface area contributed by atoms with Crippen molar-refractivity contribution < 1.29 is 59.0 Å². The lowest BCUT2D eigenvalue weighted by Crippen LogP contribution is -2.41. The molecule has 0 amide bonds. The van der Waals surface area contributed by atoms with Gasteiger partial charge in [-0.3, -0.25) is 28.8 Å². The van der Waals surface area contributed by atoms with Crippen molar-refractivity contribution in [2.75, 3.05) is 5.73 Å². The molecule has 2 N–H and O–H groups in total. The van der Waals surface area contributed by atoms with E-state index in [1.807, 2.05) is 48.5 Å². The Bertz CT molecular complexity index is 3640. The van der Waals surface area contributed by atoms with Crippen LogP contribution in [0.15, 0.2) is 165 Å². The highest BCUT2D eigenvalue weighted by atomic mass is 19.4. The number of aromatic nitrogens is 4. The summed E-state index contributed by atoms with van der Waals surface area (Å²) >= 11 is 0. The van der Waals surface area contributed by atoms with Gasteiger partial charge in [-0.2, -0.15) is 26.3 Å². The Morgan fingerprint density at radius 2 is 0.878 bits per heavy atom. The second kappa shape index (κ2) is 21.5. The highest BCUT2D eigenvalue weighted by molar-refractivity contribution is 5.61. The van der Waals surface area contributed by atoms with Gasteiger partial charge in [0.15, 0.2) is 34.6 Å². The Kier molecular flexibility index (Phi) is 15.2. The molecule has 0 atom stereocenters. The molecule has 16 nitrogen and oxygen atoms in total. The van der Waals surface area contributed by atoms with Crippen molar-refractivity contribution in [2.24, 2.45) is 14.1 Å². The molecule has 0 bridgehead atoms. The molecule has 6 aromatic carbocycles. The SMILES string of the molecule is Cn1c(C(F)(F)F)cc(=O)n(-c2cc(Oc3ccccc3OCc3ccccc3)c(N)cc2F)c1=O.Cn1c(C(F)(F)F)cc(=O)n(-c2cc(Oc3ccccc3OCc3ccccc3)c([N+](=O)[O-])cc2F)c1=O. The molecule has 2 aromatic heterocycles. The third kappa shape index (κ3) is 11.6. The topological polar surface area (TPSA) is 194 Å². The first-order chi connectivity index (χ1) is 35.0. The van der Waals surface area contributed by atoms with E-state index in [2.05, 4.69) is 0 Å². The second-order valence-corrected chi connectivity index (χ2v) is 15.6. The molecular weight excluding hydrogens is 997 g/mol. The number of nitrogen functional groups attached to an aromatic ring is 1. The third-order valence-corrected chi connectivity index (χ3v) is 10.6. The molecule has 0 spiro atoms. The average Bonchev–Trinajstić information content (AvgIpc) is 3.35. The van der Waals surface area contributed by atoms with Crippen molar-refractivity contribution >= 4 is 11.4 Å². The van der Waals surface area contributed by atoms with Crippen molar-refractivity contribution in [1.29, 1.82) is 0 Å². The van der Waals surface area contributed by atoms with Crippen molar-refractivity contribution in [1.82, 2.24) is 18.3 Å². The largest absolute Gasteiger partial charge is 0.485 e. The van der Waals surface area contributed by atoms with Gasteiger partial charge in [0.2, 0.25) is 5.75 Å². The molecule has 24 heteroatoms. The minimum absolute atomic E-state index is 0.0169. The van der Waals surface area contributed by atoms with Crippen LogP contribution in [0.3, 0.4) is 0 Å². The number of hydrogen-bond donors (Lipinski definition) is 1. The van der Waals surface area contributed by atoms with E-state index in [1.54, 1.807) is 42.5 Å². The molecule has 0 saturated carbocycles. The van der Waals surface area contributed by atoms with Gasteiger partial charge in [0.05, 0.1) is 28.1 Å². The number of para-hydroxylation sites is 4. The molecule has 0 aliphatic rings. The van der Waals surface area contributed by atoms with E-state index in [0.29, 0.717) is 17.9 Å². The number of anilines is 1. The maximum Gasteiger partial charge on any atom is 0.431 e. The Labute approximate surface area is 410 Å². The number of nitro groups is 1. The number of alkyl halides is 6. The zero-order valence-electron chi connectivity index (χ0n) is 38.2. The van der Waals surface area contributed by atoms with Crippen molar-refractivity contribution in [2.45, 2.75) is 25.6 Å². The van der Waals surface area contributed by atoms with Crippen LogP contribution in [0.5, 0.6) is 34.5 Å². The van der Waals surface area contributed by atoms with Crippen LogP contribution >= 0.6 is 0 Å². The maximum absolute atomic E-state index is 14.9. The van der Waals surface area contributed by atoms with Gasteiger partial charge in [0.1, 0.15) is 30.4 Å². The number of nitrogens with two attached hydrogens (primary N) is 1. The molecule has 0 fully saturated rings. The Morgan fingerprint density at radius 3 is 1.28 bits per heavy atom. The fraction of sp³-hybridized carbons (Fsp3) is 0.120. The van der Waals surface area contributed by atoms with E-state index in [1.165, 1.54) is 18.2 Å². The summed E-state index contributed by atoms with van der Waals surface area (Å²) < 4.78 is 133. The average molecular weight is 1030 g/mol. The number of ether oxygens (including phenoxy) is 4. The summed E-state index contributed by atoms with van der Waals surface area (Å²) in [6.45, 7) is 0.345. The number of rotatable bonds is 13. The van der Waals surface area contributed by atoms with Gasteiger partial charge in [-0.05, 0) is 35.4 Å². The van der Waals surface area contributed by atoms with Crippen LogP contribution in [-0.2, 0) is 39.7 Å². The first-order valence-electron chi connectivity index (χ1n) is 21.3. The Balaban J connectivity index is 0.000000217. The summed E-state index contributed by atoms with van der Waals surface area (Å²) in [5, 5.41) is 11.6. The third-order valence-electron chi connectivity index (χ3n) is 10.6. The predicted molar refractivity (Wildman–Crippen MR) is 250 cm³/mol. The van der Waals surface area contributed by atoms with Crippen LogP contribution in [-0.4, -0.2) is 23.2 Å². The Hall–Kier alpha value is -9.48. The lowest BCUT2D eigenvalue weighted by molar-refractivity contribution is -0.385. The Morgan fingerprint density at radius 1 is 0.514 bits per heavy atom. The molecule has 8 rings (SSSR count). The van der Waals surface area contributed by atoms with Crippen molar-refractivity contribution in [3.05, 3.63) is 232 Å².